The minimum atomic E-state index is -3.44. The van der Waals surface area contributed by atoms with Crippen LogP contribution < -0.4 is 5.32 Å². The molecule has 2 atom stereocenters. The van der Waals surface area contributed by atoms with Crippen molar-refractivity contribution in [1.82, 2.24) is 10.2 Å². The molecule has 0 spiro atoms. The summed E-state index contributed by atoms with van der Waals surface area (Å²) in [6.45, 7) is 5.92. The highest BCUT2D eigenvalue weighted by atomic mass is 32.2. The molecule has 2 aromatic rings. The third kappa shape index (κ3) is 9.38. The van der Waals surface area contributed by atoms with Gasteiger partial charge in [-0.05, 0) is 94.2 Å². The highest BCUT2D eigenvalue weighted by Crippen LogP contribution is 2.45. The van der Waals surface area contributed by atoms with Gasteiger partial charge in [-0.15, -0.1) is 0 Å². The molecule has 3 saturated carbocycles. The number of hydrogen-bond donors (Lipinski definition) is 2. The van der Waals surface area contributed by atoms with Crippen LogP contribution in [0.5, 0.6) is 0 Å². The highest BCUT2D eigenvalue weighted by Gasteiger charge is 2.34. The fourth-order valence-corrected chi connectivity index (χ4v) is 6.45. The van der Waals surface area contributed by atoms with Gasteiger partial charge in [0.05, 0.1) is 16.6 Å². The molecule has 1 heterocycles. The third-order valence-corrected chi connectivity index (χ3v) is 9.19. The van der Waals surface area contributed by atoms with Crippen LogP contribution in [0, 0.1) is 11.8 Å². The molecule has 3 aliphatic rings. The van der Waals surface area contributed by atoms with Crippen molar-refractivity contribution in [1.29, 1.82) is 0 Å². The number of Topliss-reactive ketones (excluding diaryl/α,β-unsaturated/α-hetero) is 1. The van der Waals surface area contributed by atoms with E-state index in [1.54, 1.807) is 30.5 Å². The molecule has 2 N–H and O–H groups in total. The van der Waals surface area contributed by atoms with E-state index in [0.717, 1.165) is 43.2 Å². The van der Waals surface area contributed by atoms with E-state index in [4.69, 9.17) is 0 Å². The first-order chi connectivity index (χ1) is 19.4. The van der Waals surface area contributed by atoms with Crippen molar-refractivity contribution >= 4 is 33.8 Å². The lowest BCUT2D eigenvalue weighted by atomic mass is 9.86. The largest absolute Gasteiger partial charge is 0.462 e. The van der Waals surface area contributed by atoms with E-state index in [0.29, 0.717) is 42.4 Å². The van der Waals surface area contributed by atoms with Crippen LogP contribution in [0.1, 0.15) is 95.1 Å². The molecule has 222 valence electrons. The Bertz CT molecular complexity index is 1350. The number of benzene rings is 1. The molecule has 3 aliphatic carbocycles. The van der Waals surface area contributed by atoms with E-state index in [9.17, 15) is 22.8 Å². The quantitative estimate of drug-likeness (QED) is 0.265. The van der Waals surface area contributed by atoms with E-state index in [1.165, 1.54) is 0 Å². The zero-order valence-corrected chi connectivity index (χ0v) is 24.9. The molecule has 5 rings (SSSR count). The Hall–Kier alpha value is -3.27. The number of rotatable bonds is 11. The Labute approximate surface area is 242 Å². The summed E-state index contributed by atoms with van der Waals surface area (Å²) in [7, 11) is -3.44. The number of hydrogen-bond acceptors (Lipinski definition) is 7. The van der Waals surface area contributed by atoms with Crippen LogP contribution in [0.4, 0.5) is 5.82 Å². The molecule has 1 aromatic heterocycles. The van der Waals surface area contributed by atoms with E-state index in [2.05, 4.69) is 20.3 Å². The normalized spacial score (nSPS) is 19.9. The summed E-state index contributed by atoms with van der Waals surface area (Å²) in [4.78, 5) is 35.1. The standard InChI is InChI=1S/C26H31N3O4S.C5H10O2/c30-21-9-5-18(14-21)15-23(26(31)28-25-11-12-27-29-25)20-8-10-24(22(16-20)19-6-7-19)34(32,33)13-1-2-17-3-4-17;1-5(2,3)7-4-6/h1-2,8,10-12,16-19,23H,3-7,9,13-15H2,(H2,27,28,29,31);4H,1-3H3/t18-,23?;/m0./s1. The number of anilines is 1. The lowest BCUT2D eigenvalue weighted by Gasteiger charge is -2.21. The fourth-order valence-electron chi connectivity index (χ4n) is 5.04. The van der Waals surface area contributed by atoms with Gasteiger partial charge in [0, 0.05) is 25.1 Å². The summed E-state index contributed by atoms with van der Waals surface area (Å²) in [6, 6.07) is 7.10. The molecule has 0 bridgehead atoms. The Kier molecular flexibility index (Phi) is 9.84. The molecule has 0 aliphatic heterocycles. The lowest BCUT2D eigenvalue weighted by molar-refractivity contribution is -0.138. The molecule has 41 heavy (non-hydrogen) atoms. The lowest BCUT2D eigenvalue weighted by Crippen LogP contribution is -2.24. The van der Waals surface area contributed by atoms with Gasteiger partial charge in [0.1, 0.15) is 11.4 Å². The predicted octanol–water partition coefficient (Wildman–Crippen LogP) is 5.47. The summed E-state index contributed by atoms with van der Waals surface area (Å²) < 4.78 is 30.8. The van der Waals surface area contributed by atoms with Crippen LogP contribution >= 0.6 is 0 Å². The number of nitrogens with one attached hydrogen (secondary N) is 2. The number of nitrogens with zero attached hydrogens (tertiary/aromatic N) is 1. The topological polar surface area (TPSA) is 135 Å². The molecule has 1 amide bonds. The minimum Gasteiger partial charge on any atom is -0.462 e. The van der Waals surface area contributed by atoms with Crippen LogP contribution in [0.15, 0.2) is 47.5 Å². The van der Waals surface area contributed by atoms with E-state index < -0.39 is 15.8 Å². The van der Waals surface area contributed by atoms with Crippen LogP contribution in [-0.4, -0.2) is 48.1 Å². The van der Waals surface area contributed by atoms with Gasteiger partial charge in [0.25, 0.3) is 6.47 Å². The van der Waals surface area contributed by atoms with Crippen LogP contribution in [-0.2, 0) is 29.0 Å². The number of ether oxygens (including phenoxy) is 1. The molecule has 3 fully saturated rings. The number of aromatic nitrogens is 2. The molecule has 1 unspecified atom stereocenters. The summed E-state index contributed by atoms with van der Waals surface area (Å²) in [5.74, 6) is 0.959. The SMILES string of the molecule is CC(C)(C)OC=O.O=C1CC[C@H](CC(C(=O)Nc2cc[nH]n2)c2ccc(S(=O)(=O)CC=CC3CC3)c(C3CC3)c2)C1. The number of allylic oxidation sites excluding steroid dienone is 1. The number of sulfone groups is 1. The summed E-state index contributed by atoms with van der Waals surface area (Å²) in [5.41, 5.74) is 1.32. The monoisotopic (exact) mass is 583 g/mol. The van der Waals surface area contributed by atoms with E-state index >= 15 is 0 Å². The van der Waals surface area contributed by atoms with Crippen molar-refractivity contribution in [3.63, 3.8) is 0 Å². The van der Waals surface area contributed by atoms with Crippen molar-refractivity contribution in [2.75, 3.05) is 11.1 Å². The molecule has 1 aromatic carbocycles. The van der Waals surface area contributed by atoms with Crippen molar-refractivity contribution in [3.05, 3.63) is 53.7 Å². The maximum atomic E-state index is 13.3. The van der Waals surface area contributed by atoms with Gasteiger partial charge in [-0.25, -0.2) is 8.42 Å². The minimum absolute atomic E-state index is 0.00975. The molecule has 0 saturated heterocycles. The molecular weight excluding hydrogens is 542 g/mol. The van der Waals surface area contributed by atoms with Crippen LogP contribution in [0.25, 0.3) is 0 Å². The molecule has 9 nitrogen and oxygen atoms in total. The Morgan fingerprint density at radius 3 is 2.46 bits per heavy atom. The second-order valence-electron chi connectivity index (χ2n) is 12.3. The van der Waals surface area contributed by atoms with Crippen LogP contribution in [0.2, 0.25) is 0 Å². The number of amides is 1. The summed E-state index contributed by atoms with van der Waals surface area (Å²) in [6.07, 6.45) is 12.1. The zero-order valence-electron chi connectivity index (χ0n) is 24.1. The second kappa shape index (κ2) is 13.1. The Balaban J connectivity index is 0.000000493. The maximum Gasteiger partial charge on any atom is 0.293 e. The van der Waals surface area contributed by atoms with Gasteiger partial charge in [-0.3, -0.25) is 19.5 Å². The smallest absolute Gasteiger partial charge is 0.293 e. The van der Waals surface area contributed by atoms with Gasteiger partial charge in [0.15, 0.2) is 15.7 Å². The zero-order chi connectivity index (χ0) is 29.6. The average molecular weight is 584 g/mol. The van der Waals surface area contributed by atoms with Crippen molar-refractivity contribution in [3.8, 4) is 0 Å². The van der Waals surface area contributed by atoms with Gasteiger partial charge >= 0.3 is 0 Å². The summed E-state index contributed by atoms with van der Waals surface area (Å²) >= 11 is 0. The highest BCUT2D eigenvalue weighted by molar-refractivity contribution is 7.91. The van der Waals surface area contributed by atoms with Gasteiger partial charge in [-0.1, -0.05) is 24.3 Å². The summed E-state index contributed by atoms with van der Waals surface area (Å²) in [5, 5.41) is 9.59. The number of carbonyl (C=O) groups excluding carboxylic acids is 3. The van der Waals surface area contributed by atoms with Gasteiger partial charge in [-0.2, -0.15) is 5.10 Å². The van der Waals surface area contributed by atoms with Crippen LogP contribution in [0.3, 0.4) is 0 Å². The van der Waals surface area contributed by atoms with Crippen molar-refractivity contribution < 1.29 is 27.5 Å². The fraction of sp³-hybridized carbons (Fsp3) is 0.548. The number of H-pyrrole nitrogens is 1. The molecular formula is C31H41N3O6S. The molecule has 10 heteroatoms. The number of ketones is 1. The predicted molar refractivity (Wildman–Crippen MR) is 156 cm³/mol. The van der Waals surface area contributed by atoms with Crippen molar-refractivity contribution in [2.45, 2.75) is 94.5 Å². The van der Waals surface area contributed by atoms with E-state index in [1.807, 2.05) is 32.9 Å². The number of carbonyl (C=O) groups is 3. The Morgan fingerprint density at radius 1 is 1.17 bits per heavy atom. The first kappa shape index (κ1) is 30.7. The second-order valence-corrected chi connectivity index (χ2v) is 14.3. The van der Waals surface area contributed by atoms with Gasteiger partial charge in [0.2, 0.25) is 5.91 Å². The van der Waals surface area contributed by atoms with Gasteiger partial charge < -0.3 is 10.1 Å². The number of aromatic amines is 1. The van der Waals surface area contributed by atoms with E-state index in [-0.39, 0.29) is 34.9 Å². The van der Waals surface area contributed by atoms with Crippen molar-refractivity contribution in [2.24, 2.45) is 11.8 Å². The molecule has 0 radical (unpaired) electrons. The first-order valence-electron chi connectivity index (χ1n) is 14.4. The maximum absolute atomic E-state index is 13.3. The Morgan fingerprint density at radius 2 is 1.93 bits per heavy atom. The third-order valence-electron chi connectivity index (χ3n) is 7.52. The average Bonchev–Trinajstić information content (AvgIpc) is 3.82. The first-order valence-corrected chi connectivity index (χ1v) is 16.1.